The number of rotatable bonds is 9. The summed E-state index contributed by atoms with van der Waals surface area (Å²) in [4.78, 5) is 13.6. The third-order valence-electron chi connectivity index (χ3n) is 5.72. The van der Waals surface area contributed by atoms with Crippen molar-refractivity contribution in [1.82, 2.24) is 20.6 Å². The molecule has 36 heavy (non-hydrogen) atoms. The fraction of sp³-hybridized carbons (Fsp3) is 0.154. The molecule has 2 heterocycles. The van der Waals surface area contributed by atoms with Crippen LogP contribution in [0, 0.1) is 0 Å². The van der Waals surface area contributed by atoms with Gasteiger partial charge in [-0.3, -0.25) is 10.1 Å². The second kappa shape index (κ2) is 10.4. The highest BCUT2D eigenvalue weighted by Crippen LogP contribution is 2.44. The summed E-state index contributed by atoms with van der Waals surface area (Å²) in [6, 6.07) is 24.0. The number of amides is 1. The molecule has 10 heteroatoms. The number of ether oxygens (including phenoxy) is 3. The van der Waals surface area contributed by atoms with Crippen LogP contribution in [0.3, 0.4) is 0 Å². The summed E-state index contributed by atoms with van der Waals surface area (Å²) in [7, 11) is 3.14. The topological polar surface area (TPSA) is 111 Å². The Morgan fingerprint density at radius 3 is 2.19 bits per heavy atom. The van der Waals surface area contributed by atoms with Gasteiger partial charge in [0.15, 0.2) is 17.2 Å². The molecule has 2 N–H and O–H groups in total. The molecule has 5 aromatic rings. The van der Waals surface area contributed by atoms with Crippen molar-refractivity contribution < 1.29 is 19.0 Å². The maximum atomic E-state index is 13.2. The van der Waals surface area contributed by atoms with Crippen molar-refractivity contribution in [3.8, 4) is 17.2 Å². The standard InChI is InChI=1S/C26H23N5O4S/c1-33-20-13-18-22(14-21(20)34-2)36-24(25(32)27-26-28-30-31-29-26)23(18)35-15-19(16-9-5-3-6-10-16)17-11-7-4-8-12-17/h3-14,19H,15H2,1-2H3,(H2,27,28,29,30,31,32). The summed E-state index contributed by atoms with van der Waals surface area (Å²) in [6.45, 7) is 0.316. The predicted octanol–water partition coefficient (Wildman–Crippen LogP) is 4.89. The molecule has 0 aliphatic carbocycles. The Balaban J connectivity index is 1.56. The Kier molecular flexibility index (Phi) is 6.76. The highest BCUT2D eigenvalue weighted by molar-refractivity contribution is 7.21. The summed E-state index contributed by atoms with van der Waals surface area (Å²) >= 11 is 1.29. The zero-order valence-electron chi connectivity index (χ0n) is 19.6. The molecule has 5 rings (SSSR count). The van der Waals surface area contributed by atoms with Crippen molar-refractivity contribution in [1.29, 1.82) is 0 Å². The lowest BCUT2D eigenvalue weighted by atomic mass is 9.92. The first-order valence-electron chi connectivity index (χ1n) is 11.1. The van der Waals surface area contributed by atoms with Gasteiger partial charge >= 0.3 is 0 Å². The van der Waals surface area contributed by atoms with Crippen molar-refractivity contribution in [2.45, 2.75) is 5.92 Å². The normalized spacial score (nSPS) is 11.0. The number of anilines is 1. The van der Waals surface area contributed by atoms with Crippen LogP contribution < -0.4 is 19.5 Å². The molecule has 2 aromatic heterocycles. The first-order chi connectivity index (χ1) is 17.7. The van der Waals surface area contributed by atoms with Crippen LogP contribution in [0.15, 0.2) is 72.8 Å². The minimum atomic E-state index is -0.401. The number of carbonyl (C=O) groups excluding carboxylic acids is 1. The number of hydrogen-bond acceptors (Lipinski definition) is 8. The van der Waals surface area contributed by atoms with Gasteiger partial charge in [0.05, 0.1) is 20.8 Å². The third-order valence-corrected chi connectivity index (χ3v) is 6.86. The zero-order valence-corrected chi connectivity index (χ0v) is 20.4. The quantitative estimate of drug-likeness (QED) is 0.296. The molecule has 0 radical (unpaired) electrons. The molecule has 0 atom stereocenters. The molecule has 0 aliphatic heterocycles. The number of fused-ring (bicyclic) bond motifs is 1. The Labute approximate surface area is 211 Å². The lowest BCUT2D eigenvalue weighted by molar-refractivity contribution is 0.102. The van der Waals surface area contributed by atoms with Gasteiger partial charge in [0.2, 0.25) is 0 Å². The first kappa shape index (κ1) is 23.3. The summed E-state index contributed by atoms with van der Waals surface area (Å²) < 4.78 is 18.3. The molecule has 0 bridgehead atoms. The first-order valence-corrected chi connectivity index (χ1v) is 12.0. The van der Waals surface area contributed by atoms with Gasteiger partial charge in [-0.05, 0) is 22.4 Å². The Morgan fingerprint density at radius 2 is 1.61 bits per heavy atom. The summed E-state index contributed by atoms with van der Waals surface area (Å²) in [5.74, 6) is 1.19. The molecular formula is C26H23N5O4S. The van der Waals surface area contributed by atoms with Crippen molar-refractivity contribution in [2.75, 3.05) is 26.1 Å². The smallest absolute Gasteiger partial charge is 0.272 e. The average molecular weight is 502 g/mol. The third kappa shape index (κ3) is 4.71. The number of tetrazole rings is 1. The van der Waals surface area contributed by atoms with Crippen LogP contribution >= 0.6 is 11.3 Å². The highest BCUT2D eigenvalue weighted by atomic mass is 32.1. The van der Waals surface area contributed by atoms with E-state index in [-0.39, 0.29) is 11.9 Å². The second-order valence-corrected chi connectivity index (χ2v) is 8.89. The van der Waals surface area contributed by atoms with Gasteiger partial charge in [0, 0.05) is 22.1 Å². The van der Waals surface area contributed by atoms with Crippen LogP contribution in [0.25, 0.3) is 10.1 Å². The maximum absolute atomic E-state index is 13.2. The van der Waals surface area contributed by atoms with Crippen LogP contribution in [0.1, 0.15) is 26.7 Å². The summed E-state index contributed by atoms with van der Waals surface area (Å²) in [5.41, 5.74) is 2.22. The Hall–Kier alpha value is -4.44. The molecule has 0 fully saturated rings. The van der Waals surface area contributed by atoms with E-state index in [9.17, 15) is 4.79 Å². The molecule has 3 aromatic carbocycles. The van der Waals surface area contributed by atoms with Gasteiger partial charge in [-0.2, -0.15) is 5.21 Å². The monoisotopic (exact) mass is 501 g/mol. The van der Waals surface area contributed by atoms with Gasteiger partial charge < -0.3 is 14.2 Å². The average Bonchev–Trinajstić information content (AvgIpc) is 3.56. The maximum Gasteiger partial charge on any atom is 0.272 e. The summed E-state index contributed by atoms with van der Waals surface area (Å²) in [5, 5.41) is 16.9. The lowest BCUT2D eigenvalue weighted by Crippen LogP contribution is -2.16. The SMILES string of the molecule is COc1cc2sc(C(=O)Nc3nn[nH]n3)c(OCC(c3ccccc3)c3ccccc3)c2cc1OC. The van der Waals surface area contributed by atoms with Crippen molar-refractivity contribution in [2.24, 2.45) is 0 Å². The molecule has 0 saturated heterocycles. The molecular weight excluding hydrogens is 478 g/mol. The number of methoxy groups -OCH3 is 2. The van der Waals surface area contributed by atoms with Gasteiger partial charge in [-0.25, -0.2) is 0 Å². The number of aromatic amines is 1. The van der Waals surface area contributed by atoms with E-state index in [4.69, 9.17) is 14.2 Å². The number of nitrogens with one attached hydrogen (secondary N) is 2. The molecule has 0 saturated carbocycles. The van der Waals surface area contributed by atoms with Gasteiger partial charge in [-0.1, -0.05) is 65.8 Å². The number of nitrogens with zero attached hydrogens (tertiary/aromatic N) is 3. The van der Waals surface area contributed by atoms with E-state index >= 15 is 0 Å². The van der Waals surface area contributed by atoms with E-state index < -0.39 is 5.91 Å². The van der Waals surface area contributed by atoms with Crippen LogP contribution in [0.2, 0.25) is 0 Å². The minimum Gasteiger partial charge on any atom is -0.493 e. The van der Waals surface area contributed by atoms with Crippen molar-refractivity contribution >= 4 is 33.3 Å². The number of benzene rings is 3. The Bertz CT molecular complexity index is 1420. The number of thiophene rings is 1. The summed E-state index contributed by atoms with van der Waals surface area (Å²) in [6.07, 6.45) is 0. The molecule has 9 nitrogen and oxygen atoms in total. The van der Waals surface area contributed by atoms with Crippen molar-refractivity contribution in [3.05, 3.63) is 88.8 Å². The van der Waals surface area contributed by atoms with E-state index in [0.29, 0.717) is 28.7 Å². The number of H-pyrrole nitrogens is 1. The predicted molar refractivity (Wildman–Crippen MR) is 137 cm³/mol. The van der Waals surface area contributed by atoms with Gasteiger partial charge in [0.1, 0.15) is 4.88 Å². The molecule has 0 unspecified atom stereocenters. The van der Waals surface area contributed by atoms with Crippen molar-refractivity contribution in [3.63, 3.8) is 0 Å². The zero-order chi connectivity index (χ0) is 24.9. The molecule has 0 aliphatic rings. The second-order valence-electron chi connectivity index (χ2n) is 7.84. The molecule has 182 valence electrons. The van der Waals surface area contributed by atoms with E-state index in [1.165, 1.54) is 11.3 Å². The minimum absolute atomic E-state index is 0.0457. The fourth-order valence-electron chi connectivity index (χ4n) is 3.99. The molecule has 1 amide bonds. The van der Waals surface area contributed by atoms with Crippen LogP contribution in [-0.2, 0) is 0 Å². The lowest BCUT2D eigenvalue weighted by Gasteiger charge is -2.19. The molecule has 0 spiro atoms. The van der Waals surface area contributed by atoms with Crippen LogP contribution in [0.5, 0.6) is 17.2 Å². The van der Waals surface area contributed by atoms with E-state index in [2.05, 4.69) is 50.2 Å². The fourth-order valence-corrected chi connectivity index (χ4v) is 5.04. The number of carbonyl (C=O) groups is 1. The largest absolute Gasteiger partial charge is 0.493 e. The van der Waals surface area contributed by atoms with Crippen LogP contribution in [-0.4, -0.2) is 47.4 Å². The Morgan fingerprint density at radius 1 is 0.972 bits per heavy atom. The highest BCUT2D eigenvalue weighted by Gasteiger charge is 2.25. The number of aromatic nitrogens is 4. The van der Waals surface area contributed by atoms with Crippen LogP contribution in [0.4, 0.5) is 5.95 Å². The van der Waals surface area contributed by atoms with Gasteiger partial charge in [-0.15, -0.1) is 16.4 Å². The number of hydrogen-bond donors (Lipinski definition) is 2. The van der Waals surface area contributed by atoms with Gasteiger partial charge in [0.25, 0.3) is 11.9 Å². The van der Waals surface area contributed by atoms with E-state index in [0.717, 1.165) is 21.2 Å². The van der Waals surface area contributed by atoms with E-state index in [1.54, 1.807) is 14.2 Å². The van der Waals surface area contributed by atoms with E-state index in [1.807, 2.05) is 48.5 Å².